The summed E-state index contributed by atoms with van der Waals surface area (Å²) >= 11 is 0. The van der Waals surface area contributed by atoms with Crippen molar-refractivity contribution in [3.63, 3.8) is 0 Å². The second kappa shape index (κ2) is 7.25. The zero-order valence-electron chi connectivity index (χ0n) is 13.3. The summed E-state index contributed by atoms with van der Waals surface area (Å²) in [5.41, 5.74) is 7.30. The van der Waals surface area contributed by atoms with Gasteiger partial charge in [-0.15, -0.1) is 0 Å². The molecule has 120 valence electrons. The Labute approximate surface area is 133 Å². The average molecular weight is 301 g/mol. The molecule has 1 aliphatic heterocycles. The fraction of sp³-hybridized carbons (Fsp3) is 0.611. The van der Waals surface area contributed by atoms with E-state index >= 15 is 0 Å². The topological polar surface area (TPSA) is 49.6 Å². The van der Waals surface area contributed by atoms with Crippen LogP contribution in [0.3, 0.4) is 0 Å². The van der Waals surface area contributed by atoms with E-state index in [-0.39, 0.29) is 12.0 Å². The molecule has 0 aromatic heterocycles. The van der Waals surface area contributed by atoms with Gasteiger partial charge in [0.05, 0.1) is 0 Å². The van der Waals surface area contributed by atoms with E-state index < -0.39 is 0 Å². The molecule has 4 heteroatoms. The van der Waals surface area contributed by atoms with E-state index in [1.807, 2.05) is 0 Å². The highest BCUT2D eigenvalue weighted by Crippen LogP contribution is 2.26. The van der Waals surface area contributed by atoms with Crippen molar-refractivity contribution in [2.75, 3.05) is 26.2 Å². The second-order valence-corrected chi connectivity index (χ2v) is 6.71. The van der Waals surface area contributed by atoms with E-state index in [9.17, 15) is 4.79 Å². The van der Waals surface area contributed by atoms with Crippen LogP contribution in [-0.2, 0) is 11.3 Å². The number of hydrogen-bond donors (Lipinski definition) is 1. The first kappa shape index (κ1) is 15.5. The van der Waals surface area contributed by atoms with Crippen molar-refractivity contribution < 1.29 is 4.79 Å². The van der Waals surface area contributed by atoms with Crippen LogP contribution in [0.2, 0.25) is 0 Å². The summed E-state index contributed by atoms with van der Waals surface area (Å²) in [6, 6.07) is 10.8. The number of nitrogens with zero attached hydrogens (tertiary/aromatic N) is 2. The predicted octanol–water partition coefficient (Wildman–Crippen LogP) is 1.85. The van der Waals surface area contributed by atoms with E-state index in [2.05, 4.69) is 40.1 Å². The molecule has 2 fully saturated rings. The standard InChI is InChI=1S/C18H27N3O/c19-17-8-7-16(13-17)18(22)21-10-4-9-20(11-12-21)14-15-5-2-1-3-6-15/h1-3,5-6,16-17H,4,7-14,19H2. The molecule has 1 aromatic rings. The summed E-state index contributed by atoms with van der Waals surface area (Å²) in [5, 5.41) is 0. The normalized spacial score (nSPS) is 26.9. The van der Waals surface area contributed by atoms with Gasteiger partial charge in [0.2, 0.25) is 5.91 Å². The third kappa shape index (κ3) is 3.87. The summed E-state index contributed by atoms with van der Waals surface area (Å²) in [5.74, 6) is 0.519. The molecule has 1 aromatic carbocycles. The van der Waals surface area contributed by atoms with Gasteiger partial charge < -0.3 is 10.6 Å². The average Bonchev–Trinajstić information content (AvgIpc) is 2.83. The van der Waals surface area contributed by atoms with Crippen LogP contribution in [0.25, 0.3) is 0 Å². The summed E-state index contributed by atoms with van der Waals surface area (Å²) in [7, 11) is 0. The molecule has 0 bridgehead atoms. The Bertz CT molecular complexity index is 490. The van der Waals surface area contributed by atoms with Crippen LogP contribution in [-0.4, -0.2) is 47.9 Å². The zero-order chi connectivity index (χ0) is 15.4. The molecule has 2 atom stereocenters. The highest BCUT2D eigenvalue weighted by molar-refractivity contribution is 5.79. The van der Waals surface area contributed by atoms with Crippen molar-refractivity contribution in [3.05, 3.63) is 35.9 Å². The number of rotatable bonds is 3. The first-order valence-corrected chi connectivity index (χ1v) is 8.53. The molecule has 3 rings (SSSR count). The van der Waals surface area contributed by atoms with Gasteiger partial charge in [0.25, 0.3) is 0 Å². The minimum atomic E-state index is 0.177. The molecule has 0 radical (unpaired) electrons. The Balaban J connectivity index is 1.52. The Hall–Kier alpha value is -1.39. The number of carbonyl (C=O) groups is 1. The number of hydrogen-bond acceptors (Lipinski definition) is 3. The van der Waals surface area contributed by atoms with Gasteiger partial charge in [0.15, 0.2) is 0 Å². The van der Waals surface area contributed by atoms with Gasteiger partial charge in [-0.05, 0) is 31.2 Å². The Morgan fingerprint density at radius 3 is 2.64 bits per heavy atom. The van der Waals surface area contributed by atoms with Crippen LogP contribution >= 0.6 is 0 Å². The van der Waals surface area contributed by atoms with Crippen molar-refractivity contribution in [2.24, 2.45) is 11.7 Å². The van der Waals surface area contributed by atoms with Crippen molar-refractivity contribution in [1.82, 2.24) is 9.80 Å². The molecular formula is C18H27N3O. The Morgan fingerprint density at radius 2 is 1.91 bits per heavy atom. The summed E-state index contributed by atoms with van der Waals surface area (Å²) in [6.07, 6.45) is 3.93. The van der Waals surface area contributed by atoms with Gasteiger partial charge in [0.1, 0.15) is 0 Å². The maximum Gasteiger partial charge on any atom is 0.225 e. The van der Waals surface area contributed by atoms with Crippen LogP contribution in [0.5, 0.6) is 0 Å². The maximum atomic E-state index is 12.6. The largest absolute Gasteiger partial charge is 0.341 e. The van der Waals surface area contributed by atoms with E-state index in [0.29, 0.717) is 5.91 Å². The number of nitrogens with two attached hydrogens (primary N) is 1. The van der Waals surface area contributed by atoms with E-state index in [1.54, 1.807) is 0 Å². The minimum Gasteiger partial charge on any atom is -0.341 e. The fourth-order valence-electron chi connectivity index (χ4n) is 3.69. The predicted molar refractivity (Wildman–Crippen MR) is 88.2 cm³/mol. The van der Waals surface area contributed by atoms with Crippen LogP contribution in [0.1, 0.15) is 31.2 Å². The fourth-order valence-corrected chi connectivity index (χ4v) is 3.69. The smallest absolute Gasteiger partial charge is 0.225 e. The summed E-state index contributed by atoms with van der Waals surface area (Å²) < 4.78 is 0. The molecule has 4 nitrogen and oxygen atoms in total. The molecule has 1 saturated heterocycles. The van der Waals surface area contributed by atoms with E-state index in [1.165, 1.54) is 5.56 Å². The molecular weight excluding hydrogens is 274 g/mol. The molecule has 2 N–H and O–H groups in total. The van der Waals surface area contributed by atoms with Crippen molar-refractivity contribution >= 4 is 5.91 Å². The van der Waals surface area contributed by atoms with Crippen LogP contribution < -0.4 is 5.73 Å². The van der Waals surface area contributed by atoms with Gasteiger partial charge in [-0.3, -0.25) is 9.69 Å². The molecule has 1 heterocycles. The van der Waals surface area contributed by atoms with E-state index in [0.717, 1.165) is 58.4 Å². The summed E-state index contributed by atoms with van der Waals surface area (Å²) in [4.78, 5) is 17.2. The van der Waals surface area contributed by atoms with Crippen molar-refractivity contribution in [3.8, 4) is 0 Å². The molecule has 1 aliphatic carbocycles. The lowest BCUT2D eigenvalue weighted by atomic mass is 10.1. The van der Waals surface area contributed by atoms with Gasteiger partial charge in [-0.2, -0.15) is 0 Å². The molecule has 2 aliphatic rings. The molecule has 2 unspecified atom stereocenters. The lowest BCUT2D eigenvalue weighted by Crippen LogP contribution is -2.38. The highest BCUT2D eigenvalue weighted by atomic mass is 16.2. The Kier molecular flexibility index (Phi) is 5.11. The van der Waals surface area contributed by atoms with Crippen molar-refractivity contribution in [2.45, 2.75) is 38.3 Å². The van der Waals surface area contributed by atoms with Gasteiger partial charge in [0, 0.05) is 44.7 Å². The van der Waals surface area contributed by atoms with Crippen LogP contribution in [0.4, 0.5) is 0 Å². The van der Waals surface area contributed by atoms with Crippen molar-refractivity contribution in [1.29, 1.82) is 0 Å². The van der Waals surface area contributed by atoms with Crippen LogP contribution in [0, 0.1) is 5.92 Å². The quantitative estimate of drug-likeness (QED) is 0.927. The lowest BCUT2D eigenvalue weighted by Gasteiger charge is -2.24. The maximum absolute atomic E-state index is 12.6. The van der Waals surface area contributed by atoms with E-state index in [4.69, 9.17) is 5.73 Å². The zero-order valence-corrected chi connectivity index (χ0v) is 13.3. The first-order chi connectivity index (χ1) is 10.7. The third-order valence-corrected chi connectivity index (χ3v) is 4.97. The SMILES string of the molecule is NC1CCC(C(=O)N2CCCN(Cc3ccccc3)CC2)C1. The lowest BCUT2D eigenvalue weighted by molar-refractivity contribution is -0.135. The molecule has 1 saturated carbocycles. The Morgan fingerprint density at radius 1 is 1.09 bits per heavy atom. The second-order valence-electron chi connectivity index (χ2n) is 6.71. The molecule has 22 heavy (non-hydrogen) atoms. The molecule has 1 amide bonds. The van der Waals surface area contributed by atoms with Crippen LogP contribution in [0.15, 0.2) is 30.3 Å². The van der Waals surface area contributed by atoms with Gasteiger partial charge >= 0.3 is 0 Å². The summed E-state index contributed by atoms with van der Waals surface area (Å²) in [6.45, 7) is 4.78. The monoisotopic (exact) mass is 301 g/mol. The first-order valence-electron chi connectivity index (χ1n) is 8.53. The van der Waals surface area contributed by atoms with Gasteiger partial charge in [-0.1, -0.05) is 30.3 Å². The number of benzene rings is 1. The number of amides is 1. The highest BCUT2D eigenvalue weighted by Gasteiger charge is 2.31. The third-order valence-electron chi connectivity index (χ3n) is 4.97. The number of carbonyl (C=O) groups excluding carboxylic acids is 1. The molecule has 0 spiro atoms. The van der Waals surface area contributed by atoms with Gasteiger partial charge in [-0.25, -0.2) is 0 Å². The minimum absolute atomic E-state index is 0.177.